The van der Waals surface area contributed by atoms with Gasteiger partial charge < -0.3 is 14.9 Å². The fraction of sp³-hybridized carbons (Fsp3) is 0.875. The van der Waals surface area contributed by atoms with Gasteiger partial charge in [-0.05, 0) is 25.2 Å². The topological polar surface area (TPSA) is 60.9 Å². The smallest absolute Gasteiger partial charge is 0.319 e. The van der Waals surface area contributed by atoms with Crippen LogP contribution in [0.3, 0.4) is 0 Å². The summed E-state index contributed by atoms with van der Waals surface area (Å²) in [6, 6.07) is -0.0567. The lowest BCUT2D eigenvalue weighted by molar-refractivity contribution is -0.140. The standard InChI is InChI=1S/C16H30N2O3/c1-13(2)8-11-17(3)15(21)18(4)16(12-14(19)20)9-6-5-7-10-16/h13H,5-12H2,1-4H3,(H,19,20). The number of carbonyl (C=O) groups is 2. The van der Waals surface area contributed by atoms with E-state index in [0.29, 0.717) is 12.5 Å². The molecule has 1 aliphatic rings. The zero-order valence-electron chi connectivity index (χ0n) is 13.9. The van der Waals surface area contributed by atoms with Crippen molar-refractivity contribution in [2.45, 2.75) is 64.3 Å². The van der Waals surface area contributed by atoms with Crippen molar-refractivity contribution in [1.82, 2.24) is 9.80 Å². The summed E-state index contributed by atoms with van der Waals surface area (Å²) in [4.78, 5) is 27.2. The second-order valence-electron chi connectivity index (χ2n) is 6.80. The highest BCUT2D eigenvalue weighted by atomic mass is 16.4. The van der Waals surface area contributed by atoms with Gasteiger partial charge in [0.05, 0.1) is 12.0 Å². The Labute approximate surface area is 128 Å². The van der Waals surface area contributed by atoms with Crippen molar-refractivity contribution in [2.24, 2.45) is 5.92 Å². The first-order valence-electron chi connectivity index (χ1n) is 7.99. The van der Waals surface area contributed by atoms with Crippen LogP contribution in [0.5, 0.6) is 0 Å². The second-order valence-corrected chi connectivity index (χ2v) is 6.80. The first kappa shape index (κ1) is 17.8. The zero-order valence-corrected chi connectivity index (χ0v) is 13.9. The van der Waals surface area contributed by atoms with E-state index in [9.17, 15) is 14.7 Å². The second kappa shape index (κ2) is 7.66. The average Bonchev–Trinajstić information content (AvgIpc) is 2.43. The molecule has 1 aliphatic carbocycles. The van der Waals surface area contributed by atoms with Crippen molar-refractivity contribution in [2.75, 3.05) is 20.6 Å². The molecule has 5 nitrogen and oxygen atoms in total. The Kier molecular flexibility index (Phi) is 6.49. The lowest BCUT2D eigenvalue weighted by Crippen LogP contribution is -2.55. The maximum absolute atomic E-state index is 12.6. The SMILES string of the molecule is CC(C)CCN(C)C(=O)N(C)C1(CC(=O)O)CCCCC1. The molecule has 0 aromatic heterocycles. The summed E-state index contributed by atoms with van der Waals surface area (Å²) >= 11 is 0. The Hall–Kier alpha value is -1.26. The van der Waals surface area contributed by atoms with E-state index in [0.717, 1.165) is 38.5 Å². The van der Waals surface area contributed by atoms with E-state index in [4.69, 9.17) is 0 Å². The molecule has 2 amide bonds. The van der Waals surface area contributed by atoms with Crippen molar-refractivity contribution in [3.8, 4) is 0 Å². The molecule has 0 saturated heterocycles. The molecule has 0 heterocycles. The quantitative estimate of drug-likeness (QED) is 0.819. The number of amides is 2. The van der Waals surface area contributed by atoms with Gasteiger partial charge in [0.15, 0.2) is 0 Å². The van der Waals surface area contributed by atoms with E-state index in [1.807, 2.05) is 0 Å². The van der Waals surface area contributed by atoms with Crippen molar-refractivity contribution < 1.29 is 14.7 Å². The number of carboxylic acids is 1. The monoisotopic (exact) mass is 298 g/mol. The summed E-state index contributed by atoms with van der Waals surface area (Å²) in [6.45, 7) is 4.98. The van der Waals surface area contributed by atoms with Crippen LogP contribution in [-0.2, 0) is 4.79 Å². The molecule has 1 rings (SSSR count). The third kappa shape index (κ3) is 4.90. The van der Waals surface area contributed by atoms with E-state index in [1.54, 1.807) is 23.9 Å². The minimum atomic E-state index is -0.818. The number of carboxylic acid groups (broad SMARTS) is 1. The van der Waals surface area contributed by atoms with E-state index in [2.05, 4.69) is 13.8 Å². The predicted octanol–water partition coefficient (Wildman–Crippen LogP) is 3.19. The minimum absolute atomic E-state index is 0.0489. The zero-order chi connectivity index (χ0) is 16.0. The third-order valence-electron chi connectivity index (χ3n) is 4.63. The molecule has 0 aromatic carbocycles. The molecule has 0 radical (unpaired) electrons. The number of nitrogens with zero attached hydrogens (tertiary/aromatic N) is 2. The number of carbonyl (C=O) groups excluding carboxylic acids is 1. The van der Waals surface area contributed by atoms with Crippen LogP contribution >= 0.6 is 0 Å². The molecule has 5 heteroatoms. The molecule has 0 bridgehead atoms. The summed E-state index contributed by atoms with van der Waals surface area (Å²) in [5.41, 5.74) is -0.507. The third-order valence-corrected chi connectivity index (χ3v) is 4.63. The number of urea groups is 1. The lowest BCUT2D eigenvalue weighted by Gasteiger charge is -2.45. The van der Waals surface area contributed by atoms with Crippen LogP contribution < -0.4 is 0 Å². The number of hydrogen-bond acceptors (Lipinski definition) is 2. The van der Waals surface area contributed by atoms with E-state index in [1.165, 1.54) is 0 Å². The van der Waals surface area contributed by atoms with Gasteiger partial charge >= 0.3 is 12.0 Å². The Morgan fingerprint density at radius 3 is 2.19 bits per heavy atom. The first-order valence-corrected chi connectivity index (χ1v) is 7.99. The van der Waals surface area contributed by atoms with Gasteiger partial charge in [-0.25, -0.2) is 4.79 Å². The largest absolute Gasteiger partial charge is 0.481 e. The molecule has 1 fully saturated rings. The molecule has 0 aromatic rings. The van der Waals surface area contributed by atoms with Crippen molar-refractivity contribution in [3.05, 3.63) is 0 Å². The van der Waals surface area contributed by atoms with Crippen LogP contribution in [0, 0.1) is 5.92 Å². The molecule has 122 valence electrons. The van der Waals surface area contributed by atoms with E-state index >= 15 is 0 Å². The number of aliphatic carboxylic acids is 1. The molecule has 0 atom stereocenters. The van der Waals surface area contributed by atoms with Crippen molar-refractivity contribution in [1.29, 1.82) is 0 Å². The summed E-state index contributed by atoms with van der Waals surface area (Å²) in [5.74, 6) is -0.269. The molecule has 1 N–H and O–H groups in total. The molecule has 0 spiro atoms. The molecule has 1 saturated carbocycles. The van der Waals surface area contributed by atoms with Crippen LogP contribution in [0.2, 0.25) is 0 Å². The van der Waals surface area contributed by atoms with Crippen LogP contribution in [0.4, 0.5) is 4.79 Å². The average molecular weight is 298 g/mol. The van der Waals surface area contributed by atoms with Gasteiger partial charge in [0.25, 0.3) is 0 Å². The Morgan fingerprint density at radius 1 is 1.14 bits per heavy atom. The summed E-state index contributed by atoms with van der Waals surface area (Å²) in [6.07, 6.45) is 5.72. The maximum atomic E-state index is 12.6. The highest BCUT2D eigenvalue weighted by Gasteiger charge is 2.41. The van der Waals surface area contributed by atoms with Crippen LogP contribution in [-0.4, -0.2) is 53.1 Å². The fourth-order valence-electron chi connectivity index (χ4n) is 3.13. The van der Waals surface area contributed by atoms with Crippen LogP contribution in [0.25, 0.3) is 0 Å². The molecular weight excluding hydrogens is 268 g/mol. The maximum Gasteiger partial charge on any atom is 0.319 e. The van der Waals surface area contributed by atoms with Crippen LogP contribution in [0.15, 0.2) is 0 Å². The van der Waals surface area contributed by atoms with Gasteiger partial charge in [0.2, 0.25) is 0 Å². The van der Waals surface area contributed by atoms with Gasteiger partial charge in [0.1, 0.15) is 0 Å². The van der Waals surface area contributed by atoms with Gasteiger partial charge in [0, 0.05) is 20.6 Å². The van der Waals surface area contributed by atoms with E-state index < -0.39 is 11.5 Å². The summed E-state index contributed by atoms with van der Waals surface area (Å²) in [7, 11) is 3.57. The Balaban J connectivity index is 2.76. The van der Waals surface area contributed by atoms with Gasteiger partial charge in [-0.3, -0.25) is 4.79 Å². The first-order chi connectivity index (χ1) is 9.78. The van der Waals surface area contributed by atoms with Crippen molar-refractivity contribution >= 4 is 12.0 Å². The molecular formula is C16H30N2O3. The van der Waals surface area contributed by atoms with Gasteiger partial charge in [-0.15, -0.1) is 0 Å². The van der Waals surface area contributed by atoms with E-state index in [-0.39, 0.29) is 12.5 Å². The Bertz CT molecular complexity index is 363. The highest BCUT2D eigenvalue weighted by molar-refractivity contribution is 5.76. The summed E-state index contributed by atoms with van der Waals surface area (Å²) in [5, 5.41) is 9.22. The molecule has 0 unspecified atom stereocenters. The molecule has 0 aliphatic heterocycles. The van der Waals surface area contributed by atoms with Crippen LogP contribution in [0.1, 0.15) is 58.8 Å². The van der Waals surface area contributed by atoms with Gasteiger partial charge in [-0.1, -0.05) is 33.1 Å². The minimum Gasteiger partial charge on any atom is -0.481 e. The fourth-order valence-corrected chi connectivity index (χ4v) is 3.13. The highest BCUT2D eigenvalue weighted by Crippen LogP contribution is 2.36. The molecule has 21 heavy (non-hydrogen) atoms. The normalized spacial score (nSPS) is 17.6. The number of rotatable bonds is 6. The predicted molar refractivity (Wildman–Crippen MR) is 83.3 cm³/mol. The Morgan fingerprint density at radius 2 is 1.71 bits per heavy atom. The summed E-state index contributed by atoms with van der Waals surface area (Å²) < 4.78 is 0. The lowest BCUT2D eigenvalue weighted by atomic mass is 9.78. The van der Waals surface area contributed by atoms with Gasteiger partial charge in [-0.2, -0.15) is 0 Å². The van der Waals surface area contributed by atoms with Crippen molar-refractivity contribution in [3.63, 3.8) is 0 Å². The number of hydrogen-bond donors (Lipinski definition) is 1.